The van der Waals surface area contributed by atoms with Crippen LogP contribution in [-0.4, -0.2) is 87.4 Å². The van der Waals surface area contributed by atoms with Crippen LogP contribution in [0.25, 0.3) is 0 Å². The minimum absolute atomic E-state index is 0.188. The molecule has 5 heterocycles. The van der Waals surface area contributed by atoms with Gasteiger partial charge in [-0.05, 0) is 64.8 Å². The molecule has 0 aromatic carbocycles. The first-order valence-corrected chi connectivity index (χ1v) is 14.1. The second-order valence-corrected chi connectivity index (χ2v) is 11.2. The summed E-state index contributed by atoms with van der Waals surface area (Å²) < 4.78 is 7.60. The molecule has 4 fully saturated rings. The summed E-state index contributed by atoms with van der Waals surface area (Å²) in [6, 6.07) is 1.82. The molecule has 2 aromatic rings. The summed E-state index contributed by atoms with van der Waals surface area (Å²) in [4.78, 5) is 26.2. The molecule has 10 nitrogen and oxygen atoms in total. The molecule has 2 atom stereocenters. The van der Waals surface area contributed by atoms with Gasteiger partial charge in [0.1, 0.15) is 5.82 Å². The van der Waals surface area contributed by atoms with E-state index in [1.54, 1.807) is 0 Å². The van der Waals surface area contributed by atoms with Crippen molar-refractivity contribution in [1.82, 2.24) is 29.5 Å². The number of aromatic nitrogens is 4. The molecule has 2 N–H and O–H groups in total. The van der Waals surface area contributed by atoms with Crippen molar-refractivity contribution in [2.75, 3.05) is 50.5 Å². The van der Waals surface area contributed by atoms with Gasteiger partial charge in [0.15, 0.2) is 0 Å². The van der Waals surface area contributed by atoms with E-state index < -0.39 is 0 Å². The predicted octanol–water partition coefficient (Wildman–Crippen LogP) is 3.45. The largest absolute Gasteiger partial charge is 0.379 e. The van der Waals surface area contributed by atoms with E-state index in [9.17, 15) is 4.79 Å². The molecule has 1 aliphatic carbocycles. The predicted molar refractivity (Wildman–Crippen MR) is 142 cm³/mol. The van der Waals surface area contributed by atoms with Crippen LogP contribution >= 0.6 is 0 Å². The molecule has 2 bridgehead atoms. The Morgan fingerprint density at radius 3 is 2.70 bits per heavy atom. The van der Waals surface area contributed by atoms with E-state index in [0.29, 0.717) is 56.2 Å². The molecular formula is C27H40N8O2. The Kier molecular flexibility index (Phi) is 7.03. The highest BCUT2D eigenvalue weighted by molar-refractivity contribution is 5.76. The van der Waals surface area contributed by atoms with Crippen LogP contribution < -0.4 is 10.6 Å². The number of carbonyl (C=O) groups excluding carboxylic acids is 1. The van der Waals surface area contributed by atoms with Crippen LogP contribution in [0.4, 0.5) is 17.5 Å². The summed E-state index contributed by atoms with van der Waals surface area (Å²) in [5, 5.41) is 11.8. The number of hydrogen-bond donors (Lipinski definition) is 2. The van der Waals surface area contributed by atoms with Gasteiger partial charge in [0, 0.05) is 49.7 Å². The standard InChI is InChI=1S/C27H40N8O2/c1-18-24(17-35(32-18)22-14-20-6-7-21(15-22)33(20)2)30-27-29-16-23(19-4-5-19)26(31-27)28-9-3-10-34-11-13-37-12-8-25(34)36/h16-17,19-22H,3-15H2,1-2H3,(H2,28,29,30,31). The average Bonchev–Trinajstić information content (AvgIpc) is 3.67. The van der Waals surface area contributed by atoms with Crippen molar-refractivity contribution in [3.8, 4) is 0 Å². The van der Waals surface area contributed by atoms with E-state index in [0.717, 1.165) is 36.7 Å². The van der Waals surface area contributed by atoms with Gasteiger partial charge in [-0.25, -0.2) is 4.98 Å². The first-order valence-electron chi connectivity index (χ1n) is 14.1. The lowest BCUT2D eigenvalue weighted by Crippen LogP contribution is -2.40. The van der Waals surface area contributed by atoms with Crippen LogP contribution in [0.3, 0.4) is 0 Å². The van der Waals surface area contributed by atoms with E-state index in [-0.39, 0.29) is 5.91 Å². The maximum Gasteiger partial charge on any atom is 0.229 e. The van der Waals surface area contributed by atoms with Crippen LogP contribution in [0.5, 0.6) is 0 Å². The van der Waals surface area contributed by atoms with Crippen molar-refractivity contribution in [2.45, 2.75) is 82.3 Å². The Morgan fingerprint density at radius 1 is 1.11 bits per heavy atom. The fraction of sp³-hybridized carbons (Fsp3) is 0.704. The van der Waals surface area contributed by atoms with Crippen molar-refractivity contribution >= 4 is 23.4 Å². The number of amides is 1. The smallest absolute Gasteiger partial charge is 0.229 e. The summed E-state index contributed by atoms with van der Waals surface area (Å²) in [6.07, 6.45) is 12.8. The third-order valence-electron chi connectivity index (χ3n) is 8.66. The Bertz CT molecular complexity index is 1100. The minimum Gasteiger partial charge on any atom is -0.379 e. The number of fused-ring (bicyclic) bond motifs is 2. The Hall–Kier alpha value is -2.72. The van der Waals surface area contributed by atoms with Gasteiger partial charge in [0.2, 0.25) is 11.9 Å². The first kappa shape index (κ1) is 24.6. The molecule has 1 saturated carbocycles. The minimum atomic E-state index is 0.188. The lowest BCUT2D eigenvalue weighted by molar-refractivity contribution is -0.130. The SMILES string of the molecule is Cc1nn(C2CC3CCC(C2)N3C)cc1Nc1ncc(C2CC2)c(NCCCN2CCOCCC2=O)n1. The molecular weight excluding hydrogens is 468 g/mol. The van der Waals surface area contributed by atoms with Gasteiger partial charge < -0.3 is 25.2 Å². The van der Waals surface area contributed by atoms with E-state index >= 15 is 0 Å². The second-order valence-electron chi connectivity index (χ2n) is 11.2. The van der Waals surface area contributed by atoms with Crippen molar-refractivity contribution < 1.29 is 9.53 Å². The molecule has 3 aliphatic heterocycles. The number of anilines is 3. The number of carbonyl (C=O) groups is 1. The fourth-order valence-electron chi connectivity index (χ4n) is 6.23. The molecule has 1 amide bonds. The molecule has 2 unspecified atom stereocenters. The van der Waals surface area contributed by atoms with E-state index in [4.69, 9.17) is 14.8 Å². The zero-order valence-electron chi connectivity index (χ0n) is 22.2. The van der Waals surface area contributed by atoms with Crippen LogP contribution in [0.1, 0.15) is 74.6 Å². The summed E-state index contributed by atoms with van der Waals surface area (Å²) in [5.41, 5.74) is 3.14. The normalized spacial score (nSPS) is 26.4. The van der Waals surface area contributed by atoms with Crippen molar-refractivity contribution in [2.24, 2.45) is 0 Å². The third-order valence-corrected chi connectivity index (χ3v) is 8.66. The van der Waals surface area contributed by atoms with Crippen LogP contribution in [-0.2, 0) is 9.53 Å². The van der Waals surface area contributed by atoms with Crippen molar-refractivity contribution in [3.63, 3.8) is 0 Å². The van der Waals surface area contributed by atoms with Gasteiger partial charge in [-0.15, -0.1) is 0 Å². The number of nitrogens with zero attached hydrogens (tertiary/aromatic N) is 6. The Labute approximate surface area is 219 Å². The van der Waals surface area contributed by atoms with Crippen molar-refractivity contribution in [3.05, 3.63) is 23.7 Å². The Balaban J connectivity index is 1.09. The van der Waals surface area contributed by atoms with E-state index in [2.05, 4.69) is 45.4 Å². The topological polar surface area (TPSA) is 100 Å². The highest BCUT2D eigenvalue weighted by atomic mass is 16.5. The van der Waals surface area contributed by atoms with Gasteiger partial charge in [0.05, 0.1) is 37.1 Å². The summed E-state index contributed by atoms with van der Waals surface area (Å²) in [6.45, 7) is 5.39. The average molecular weight is 509 g/mol. The van der Waals surface area contributed by atoms with Crippen LogP contribution in [0.15, 0.2) is 12.4 Å². The number of rotatable bonds is 9. The number of piperidine rings is 1. The maximum atomic E-state index is 12.2. The molecule has 200 valence electrons. The van der Waals surface area contributed by atoms with E-state index in [1.165, 1.54) is 44.1 Å². The van der Waals surface area contributed by atoms with Gasteiger partial charge >= 0.3 is 0 Å². The summed E-state index contributed by atoms with van der Waals surface area (Å²) >= 11 is 0. The quantitative estimate of drug-likeness (QED) is 0.497. The molecule has 2 aromatic heterocycles. The molecule has 4 aliphatic rings. The zero-order valence-corrected chi connectivity index (χ0v) is 22.2. The monoisotopic (exact) mass is 508 g/mol. The molecule has 0 spiro atoms. The highest BCUT2D eigenvalue weighted by Gasteiger charge is 2.39. The molecule has 0 radical (unpaired) electrons. The van der Waals surface area contributed by atoms with Crippen LogP contribution in [0.2, 0.25) is 0 Å². The number of hydrogen-bond acceptors (Lipinski definition) is 8. The summed E-state index contributed by atoms with van der Waals surface area (Å²) in [7, 11) is 2.28. The molecule has 3 saturated heterocycles. The lowest BCUT2D eigenvalue weighted by atomic mass is 9.98. The fourth-order valence-corrected chi connectivity index (χ4v) is 6.23. The Morgan fingerprint density at radius 2 is 1.92 bits per heavy atom. The van der Waals surface area contributed by atoms with Crippen molar-refractivity contribution in [1.29, 1.82) is 0 Å². The first-order chi connectivity index (χ1) is 18.0. The van der Waals surface area contributed by atoms with Gasteiger partial charge in [-0.1, -0.05) is 0 Å². The molecule has 6 rings (SSSR count). The molecule has 37 heavy (non-hydrogen) atoms. The number of ether oxygens (including phenoxy) is 1. The zero-order chi connectivity index (χ0) is 25.4. The van der Waals surface area contributed by atoms with E-state index in [1.807, 2.05) is 11.1 Å². The number of nitrogens with one attached hydrogen (secondary N) is 2. The third kappa shape index (κ3) is 5.45. The van der Waals surface area contributed by atoms with Gasteiger partial charge in [-0.3, -0.25) is 9.48 Å². The highest BCUT2D eigenvalue weighted by Crippen LogP contribution is 2.43. The number of aryl methyl sites for hydroxylation is 1. The maximum absolute atomic E-state index is 12.2. The second kappa shape index (κ2) is 10.6. The van der Waals surface area contributed by atoms with Gasteiger partial charge in [-0.2, -0.15) is 10.1 Å². The van der Waals surface area contributed by atoms with Gasteiger partial charge in [0.25, 0.3) is 0 Å². The molecule has 10 heteroatoms. The lowest BCUT2D eigenvalue weighted by Gasteiger charge is -2.36. The van der Waals surface area contributed by atoms with Crippen LogP contribution in [0, 0.1) is 6.92 Å². The summed E-state index contributed by atoms with van der Waals surface area (Å²) in [5.74, 6) is 2.24.